The van der Waals surface area contributed by atoms with Crippen molar-refractivity contribution in [2.24, 2.45) is 4.99 Å². The summed E-state index contributed by atoms with van der Waals surface area (Å²) in [4.78, 5) is 9.13. The van der Waals surface area contributed by atoms with Gasteiger partial charge in [0.15, 0.2) is 11.8 Å². The van der Waals surface area contributed by atoms with Gasteiger partial charge < -0.3 is 19.9 Å². The predicted octanol–water partition coefficient (Wildman–Crippen LogP) is 4.60. The van der Waals surface area contributed by atoms with Gasteiger partial charge in [-0.1, -0.05) is 38.1 Å². The zero-order valence-corrected chi connectivity index (χ0v) is 21.2. The van der Waals surface area contributed by atoms with Gasteiger partial charge >= 0.3 is 0 Å². The van der Waals surface area contributed by atoms with E-state index in [1.807, 2.05) is 0 Å². The molecule has 0 radical (unpaired) electrons. The fourth-order valence-corrected chi connectivity index (χ4v) is 2.70. The van der Waals surface area contributed by atoms with Crippen molar-refractivity contribution in [1.29, 1.82) is 0 Å². The minimum absolute atomic E-state index is 0. The lowest BCUT2D eigenvalue weighted by atomic mass is 10.1. The quantitative estimate of drug-likeness (QED) is 0.192. The Kier molecular flexibility index (Phi) is 12.4. The molecule has 1 aromatic heterocycles. The van der Waals surface area contributed by atoms with Crippen molar-refractivity contribution in [1.82, 2.24) is 20.8 Å². The van der Waals surface area contributed by atoms with E-state index in [1.165, 1.54) is 5.56 Å². The van der Waals surface area contributed by atoms with E-state index in [4.69, 9.17) is 14.3 Å². The Hall–Kier alpha value is -1.84. The average molecular weight is 529 g/mol. The number of nitrogens with zero attached hydrogens (tertiary/aromatic N) is 3. The molecule has 0 amide bonds. The predicted molar refractivity (Wildman–Crippen MR) is 132 cm³/mol. The fraction of sp³-hybridized carbons (Fsp3) is 0.591. The van der Waals surface area contributed by atoms with E-state index >= 15 is 0 Å². The first-order chi connectivity index (χ1) is 14.0. The third-order valence-corrected chi connectivity index (χ3v) is 4.30. The van der Waals surface area contributed by atoms with Crippen LogP contribution in [0.5, 0.6) is 5.75 Å². The van der Waals surface area contributed by atoms with Gasteiger partial charge in [0.1, 0.15) is 5.75 Å². The first kappa shape index (κ1) is 26.2. The summed E-state index contributed by atoms with van der Waals surface area (Å²) in [5.41, 5.74) is 2.28. The second-order valence-corrected chi connectivity index (χ2v) is 7.39. The van der Waals surface area contributed by atoms with E-state index in [-0.39, 0.29) is 29.9 Å². The number of hydrogen-bond donors (Lipinski definition) is 2. The Morgan fingerprint density at radius 2 is 2.03 bits per heavy atom. The second kappa shape index (κ2) is 14.2. The maximum Gasteiger partial charge on any atom is 0.226 e. The first-order valence-electron chi connectivity index (χ1n) is 10.6. The Morgan fingerprint density at radius 3 is 2.70 bits per heavy atom. The Labute approximate surface area is 197 Å². The Balaban J connectivity index is 0.00000450. The molecule has 1 aromatic carbocycles. The van der Waals surface area contributed by atoms with Crippen LogP contribution < -0.4 is 15.4 Å². The number of hydrogen-bond acceptors (Lipinski definition) is 5. The van der Waals surface area contributed by atoms with Gasteiger partial charge in [-0.2, -0.15) is 4.98 Å². The van der Waals surface area contributed by atoms with E-state index < -0.39 is 0 Å². The minimum Gasteiger partial charge on any atom is -0.493 e. The maximum absolute atomic E-state index is 5.89. The van der Waals surface area contributed by atoms with Gasteiger partial charge in [-0.05, 0) is 38.3 Å². The van der Waals surface area contributed by atoms with Gasteiger partial charge in [-0.3, -0.25) is 0 Å². The van der Waals surface area contributed by atoms with Crippen LogP contribution in [0.25, 0.3) is 0 Å². The van der Waals surface area contributed by atoms with Crippen LogP contribution in [-0.4, -0.2) is 35.8 Å². The number of aryl methyl sites for hydroxylation is 2. The zero-order valence-electron chi connectivity index (χ0n) is 18.8. The molecule has 2 N–H and O–H groups in total. The lowest BCUT2D eigenvalue weighted by Crippen LogP contribution is -2.37. The van der Waals surface area contributed by atoms with Crippen molar-refractivity contribution in [2.75, 3.05) is 19.7 Å². The molecular formula is C22H36IN5O2. The van der Waals surface area contributed by atoms with Gasteiger partial charge in [0.05, 0.1) is 13.2 Å². The molecule has 0 bridgehead atoms. The molecule has 8 heteroatoms. The highest BCUT2D eigenvalue weighted by Gasteiger charge is 2.09. The highest BCUT2D eigenvalue weighted by atomic mass is 127. The van der Waals surface area contributed by atoms with Crippen LogP contribution in [0.3, 0.4) is 0 Å². The summed E-state index contributed by atoms with van der Waals surface area (Å²) in [6.07, 6.45) is 2.62. The molecule has 7 nitrogen and oxygen atoms in total. The summed E-state index contributed by atoms with van der Waals surface area (Å²) < 4.78 is 11.2. The van der Waals surface area contributed by atoms with Crippen LogP contribution in [0, 0.1) is 6.92 Å². The van der Waals surface area contributed by atoms with Crippen LogP contribution in [0.4, 0.5) is 0 Å². The molecule has 0 fully saturated rings. The van der Waals surface area contributed by atoms with E-state index in [1.54, 1.807) is 0 Å². The minimum atomic E-state index is 0. The number of ether oxygens (including phenoxy) is 1. The topological polar surface area (TPSA) is 84.6 Å². The molecule has 30 heavy (non-hydrogen) atoms. The van der Waals surface area contributed by atoms with Crippen molar-refractivity contribution in [2.45, 2.75) is 66.3 Å². The van der Waals surface area contributed by atoms with E-state index in [9.17, 15) is 0 Å². The van der Waals surface area contributed by atoms with Crippen molar-refractivity contribution < 1.29 is 9.26 Å². The Bertz CT molecular complexity index is 777. The van der Waals surface area contributed by atoms with Crippen molar-refractivity contribution in [3.8, 4) is 5.75 Å². The van der Waals surface area contributed by atoms with Crippen LogP contribution in [0.15, 0.2) is 27.7 Å². The third-order valence-electron chi connectivity index (χ3n) is 4.30. The molecule has 0 saturated carbocycles. The molecule has 1 heterocycles. The summed E-state index contributed by atoms with van der Waals surface area (Å²) in [7, 11) is 0. The number of nitrogens with one attached hydrogen (secondary N) is 2. The Morgan fingerprint density at radius 1 is 1.23 bits per heavy atom. The highest BCUT2D eigenvalue weighted by Crippen LogP contribution is 2.21. The molecule has 0 saturated heterocycles. The van der Waals surface area contributed by atoms with Gasteiger partial charge in [-0.15, -0.1) is 24.0 Å². The zero-order chi connectivity index (χ0) is 21.1. The van der Waals surface area contributed by atoms with Gasteiger partial charge in [0.25, 0.3) is 0 Å². The third kappa shape index (κ3) is 8.89. The SMILES string of the molecule is CCCOc1cc(C)ccc1CN=C(NCC)NCCCc1nc(C(C)C)no1.I. The molecule has 0 unspecified atom stereocenters. The lowest BCUT2D eigenvalue weighted by molar-refractivity contribution is 0.314. The summed E-state index contributed by atoms with van der Waals surface area (Å²) >= 11 is 0. The number of halogens is 1. The van der Waals surface area contributed by atoms with Crippen LogP contribution in [0.2, 0.25) is 0 Å². The summed E-state index contributed by atoms with van der Waals surface area (Å²) in [6, 6.07) is 6.27. The number of aromatic nitrogens is 2. The van der Waals surface area contributed by atoms with E-state index in [2.05, 4.69) is 73.6 Å². The fourth-order valence-electron chi connectivity index (χ4n) is 2.70. The van der Waals surface area contributed by atoms with Gasteiger partial charge in [-0.25, -0.2) is 4.99 Å². The normalized spacial score (nSPS) is 11.3. The molecule has 0 aliphatic carbocycles. The standard InChI is InChI=1S/C22H35N5O2.HI/c1-6-13-28-19-14-17(5)10-11-18(19)15-25-22(23-7-2)24-12-8-9-20-26-21(16(3)4)27-29-20;/h10-11,14,16H,6-9,12-13,15H2,1-5H3,(H2,23,24,25);1H. The molecule has 0 spiro atoms. The number of rotatable bonds is 11. The number of benzene rings is 1. The number of guanidine groups is 1. The number of aliphatic imine (C=N–C) groups is 1. The van der Waals surface area contributed by atoms with Crippen molar-refractivity contribution >= 4 is 29.9 Å². The summed E-state index contributed by atoms with van der Waals surface area (Å²) in [5, 5.41) is 10.7. The molecule has 0 aliphatic heterocycles. The smallest absolute Gasteiger partial charge is 0.226 e. The molecule has 2 rings (SSSR count). The van der Waals surface area contributed by atoms with Gasteiger partial charge in [0.2, 0.25) is 5.89 Å². The van der Waals surface area contributed by atoms with Crippen LogP contribution in [-0.2, 0) is 13.0 Å². The molecule has 168 valence electrons. The van der Waals surface area contributed by atoms with E-state index in [0.29, 0.717) is 19.0 Å². The summed E-state index contributed by atoms with van der Waals surface area (Å²) in [6.45, 7) is 13.2. The van der Waals surface area contributed by atoms with E-state index in [0.717, 1.165) is 55.4 Å². The van der Waals surface area contributed by atoms with Crippen molar-refractivity contribution in [3.05, 3.63) is 41.0 Å². The average Bonchev–Trinajstić information content (AvgIpc) is 3.18. The molecule has 2 aromatic rings. The molecule has 0 aliphatic rings. The maximum atomic E-state index is 5.89. The van der Waals surface area contributed by atoms with Gasteiger partial charge in [0, 0.05) is 31.0 Å². The largest absolute Gasteiger partial charge is 0.493 e. The van der Waals surface area contributed by atoms with Crippen LogP contribution >= 0.6 is 24.0 Å². The summed E-state index contributed by atoms with van der Waals surface area (Å²) in [5.74, 6) is 3.45. The first-order valence-corrected chi connectivity index (χ1v) is 10.6. The second-order valence-electron chi connectivity index (χ2n) is 7.39. The molecular weight excluding hydrogens is 493 g/mol. The monoisotopic (exact) mass is 529 g/mol. The van der Waals surface area contributed by atoms with Crippen molar-refractivity contribution in [3.63, 3.8) is 0 Å². The van der Waals surface area contributed by atoms with Crippen LogP contribution in [0.1, 0.15) is 69.3 Å². The highest BCUT2D eigenvalue weighted by molar-refractivity contribution is 14.0. The molecule has 0 atom stereocenters. The lowest BCUT2D eigenvalue weighted by Gasteiger charge is -2.13.